The van der Waals surface area contributed by atoms with E-state index in [4.69, 9.17) is 4.74 Å². The minimum atomic E-state index is -0.185. The summed E-state index contributed by atoms with van der Waals surface area (Å²) in [5, 5.41) is 5.97. The second-order valence-corrected chi connectivity index (χ2v) is 7.83. The Morgan fingerprint density at radius 3 is 2.43 bits per heavy atom. The lowest BCUT2D eigenvalue weighted by Crippen LogP contribution is -2.21. The van der Waals surface area contributed by atoms with E-state index in [1.165, 1.54) is 5.56 Å². The van der Waals surface area contributed by atoms with Crippen molar-refractivity contribution in [3.8, 4) is 16.3 Å². The van der Waals surface area contributed by atoms with Crippen LogP contribution in [-0.2, 0) is 11.2 Å². The van der Waals surface area contributed by atoms with E-state index >= 15 is 0 Å². The average Bonchev–Trinajstić information content (AvgIpc) is 3.21. The zero-order valence-corrected chi connectivity index (χ0v) is 17.5. The minimum absolute atomic E-state index is 0.0463. The van der Waals surface area contributed by atoms with Crippen molar-refractivity contribution in [2.45, 2.75) is 13.3 Å². The lowest BCUT2D eigenvalue weighted by atomic mass is 10.0. The van der Waals surface area contributed by atoms with Crippen LogP contribution in [0.1, 0.15) is 16.8 Å². The summed E-state index contributed by atoms with van der Waals surface area (Å²) in [7, 11) is 0. The van der Waals surface area contributed by atoms with Crippen LogP contribution in [-0.4, -0.2) is 17.5 Å². The normalized spacial score (nSPS) is 10.6. The Bertz CT molecular complexity index is 1120. The highest BCUT2D eigenvalue weighted by molar-refractivity contribution is 7.13. The number of anilines is 1. The number of thiazole rings is 1. The van der Waals surface area contributed by atoms with E-state index < -0.39 is 0 Å². The van der Waals surface area contributed by atoms with Crippen molar-refractivity contribution < 1.29 is 9.53 Å². The fraction of sp³-hybridized carbons (Fsp3) is 0.120. The first-order chi connectivity index (χ1) is 14.7. The first kappa shape index (κ1) is 19.9. The van der Waals surface area contributed by atoms with Gasteiger partial charge in [0.15, 0.2) is 6.61 Å². The predicted octanol–water partition coefficient (Wildman–Crippen LogP) is 5.73. The molecule has 1 amide bonds. The Labute approximate surface area is 180 Å². The van der Waals surface area contributed by atoms with Crippen LogP contribution in [0.25, 0.3) is 10.6 Å². The molecule has 0 radical (unpaired) electrons. The number of amides is 1. The van der Waals surface area contributed by atoms with Crippen LogP contribution in [0.4, 0.5) is 5.69 Å². The van der Waals surface area contributed by atoms with Gasteiger partial charge in [0, 0.05) is 22.3 Å². The van der Waals surface area contributed by atoms with Crippen LogP contribution in [0.5, 0.6) is 5.75 Å². The van der Waals surface area contributed by atoms with Gasteiger partial charge in [-0.1, -0.05) is 48.5 Å². The molecule has 1 heterocycles. The second kappa shape index (κ2) is 9.37. The van der Waals surface area contributed by atoms with Gasteiger partial charge in [0.1, 0.15) is 10.8 Å². The molecule has 0 unspecified atom stereocenters. The number of ether oxygens (including phenoxy) is 1. The van der Waals surface area contributed by atoms with Crippen molar-refractivity contribution in [3.05, 3.63) is 101 Å². The van der Waals surface area contributed by atoms with Gasteiger partial charge in [-0.2, -0.15) is 0 Å². The standard InChI is InChI=1S/C25H22N2O2S/c1-18-17-30-25(26-18)20-11-13-22(14-12-20)29-16-24(28)27-23-10-6-5-9-21(23)15-19-7-3-2-4-8-19/h2-14,17H,15-16H2,1H3,(H,27,28). The van der Waals surface area contributed by atoms with Crippen LogP contribution in [0, 0.1) is 6.92 Å². The van der Waals surface area contributed by atoms with Gasteiger partial charge in [0.25, 0.3) is 5.91 Å². The van der Waals surface area contributed by atoms with Gasteiger partial charge in [-0.3, -0.25) is 4.79 Å². The average molecular weight is 415 g/mol. The van der Waals surface area contributed by atoms with Crippen molar-refractivity contribution in [2.24, 2.45) is 0 Å². The Balaban J connectivity index is 1.35. The van der Waals surface area contributed by atoms with E-state index in [0.717, 1.165) is 33.9 Å². The maximum Gasteiger partial charge on any atom is 0.262 e. The van der Waals surface area contributed by atoms with Crippen LogP contribution in [0.3, 0.4) is 0 Å². The molecular formula is C25H22N2O2S. The Morgan fingerprint density at radius 1 is 0.967 bits per heavy atom. The molecule has 4 rings (SSSR count). The van der Waals surface area contributed by atoms with E-state index in [2.05, 4.69) is 22.4 Å². The number of para-hydroxylation sites is 1. The SMILES string of the molecule is Cc1csc(-c2ccc(OCC(=O)Nc3ccccc3Cc3ccccc3)cc2)n1. The molecule has 0 atom stereocenters. The number of rotatable bonds is 7. The highest BCUT2D eigenvalue weighted by atomic mass is 32.1. The van der Waals surface area contributed by atoms with Crippen LogP contribution in [0.15, 0.2) is 84.2 Å². The van der Waals surface area contributed by atoms with Crippen molar-refractivity contribution in [1.29, 1.82) is 0 Å². The van der Waals surface area contributed by atoms with Crippen molar-refractivity contribution >= 4 is 22.9 Å². The molecule has 0 aliphatic rings. The second-order valence-electron chi connectivity index (χ2n) is 6.97. The zero-order valence-electron chi connectivity index (χ0n) is 16.7. The van der Waals surface area contributed by atoms with Gasteiger partial charge in [0.2, 0.25) is 0 Å². The number of nitrogens with zero attached hydrogens (tertiary/aromatic N) is 1. The summed E-state index contributed by atoms with van der Waals surface area (Å²) in [5.41, 5.74) is 5.13. The van der Waals surface area contributed by atoms with Crippen molar-refractivity contribution in [1.82, 2.24) is 4.98 Å². The molecule has 1 aromatic heterocycles. The fourth-order valence-corrected chi connectivity index (χ4v) is 3.93. The van der Waals surface area contributed by atoms with Crippen LogP contribution >= 0.6 is 11.3 Å². The van der Waals surface area contributed by atoms with Crippen molar-refractivity contribution in [3.63, 3.8) is 0 Å². The molecule has 1 N–H and O–H groups in total. The lowest BCUT2D eigenvalue weighted by Gasteiger charge is -2.12. The molecule has 5 heteroatoms. The summed E-state index contributed by atoms with van der Waals surface area (Å²) in [6.45, 7) is 1.93. The molecule has 30 heavy (non-hydrogen) atoms. The van der Waals surface area contributed by atoms with Crippen LogP contribution in [0.2, 0.25) is 0 Å². The largest absolute Gasteiger partial charge is 0.484 e. The van der Waals surface area contributed by atoms with E-state index in [1.54, 1.807) is 11.3 Å². The quantitative estimate of drug-likeness (QED) is 0.420. The summed E-state index contributed by atoms with van der Waals surface area (Å²) >= 11 is 1.61. The first-order valence-corrected chi connectivity index (χ1v) is 10.6. The summed E-state index contributed by atoms with van der Waals surface area (Å²) in [4.78, 5) is 16.9. The maximum atomic E-state index is 12.4. The Hall–Kier alpha value is -3.44. The van der Waals surface area contributed by atoms with E-state index in [9.17, 15) is 4.79 Å². The number of nitrogens with one attached hydrogen (secondary N) is 1. The number of aromatic nitrogens is 1. The van der Waals surface area contributed by atoms with E-state index in [0.29, 0.717) is 5.75 Å². The predicted molar refractivity (Wildman–Crippen MR) is 122 cm³/mol. The Kier molecular flexibility index (Phi) is 6.20. The molecule has 0 fully saturated rings. The molecular weight excluding hydrogens is 392 g/mol. The molecule has 0 saturated carbocycles. The lowest BCUT2D eigenvalue weighted by molar-refractivity contribution is -0.118. The molecule has 3 aromatic carbocycles. The summed E-state index contributed by atoms with van der Waals surface area (Å²) < 4.78 is 5.67. The topological polar surface area (TPSA) is 51.2 Å². The number of hydrogen-bond acceptors (Lipinski definition) is 4. The fourth-order valence-electron chi connectivity index (χ4n) is 3.13. The maximum absolute atomic E-state index is 12.4. The minimum Gasteiger partial charge on any atom is -0.484 e. The number of aryl methyl sites for hydroxylation is 1. The molecule has 0 aliphatic heterocycles. The van der Waals surface area contributed by atoms with Gasteiger partial charge in [-0.15, -0.1) is 11.3 Å². The third-order valence-corrected chi connectivity index (χ3v) is 5.63. The molecule has 0 aliphatic carbocycles. The van der Waals surface area contributed by atoms with Crippen LogP contribution < -0.4 is 10.1 Å². The third kappa shape index (κ3) is 5.13. The third-order valence-electron chi connectivity index (χ3n) is 4.62. The van der Waals surface area contributed by atoms with Gasteiger partial charge in [-0.25, -0.2) is 4.98 Å². The monoisotopic (exact) mass is 414 g/mol. The van der Waals surface area contributed by atoms with Gasteiger partial charge in [0.05, 0.1) is 0 Å². The summed E-state index contributed by atoms with van der Waals surface area (Å²) in [5.74, 6) is 0.467. The molecule has 0 bridgehead atoms. The Morgan fingerprint density at radius 2 is 1.70 bits per heavy atom. The summed E-state index contributed by atoms with van der Waals surface area (Å²) in [6.07, 6.45) is 0.760. The number of hydrogen-bond donors (Lipinski definition) is 1. The first-order valence-electron chi connectivity index (χ1n) is 9.74. The molecule has 4 nitrogen and oxygen atoms in total. The molecule has 0 spiro atoms. The van der Waals surface area contributed by atoms with Gasteiger partial charge >= 0.3 is 0 Å². The zero-order chi connectivity index (χ0) is 20.8. The van der Waals surface area contributed by atoms with Gasteiger partial charge < -0.3 is 10.1 Å². The number of carbonyl (C=O) groups is 1. The smallest absolute Gasteiger partial charge is 0.262 e. The number of carbonyl (C=O) groups excluding carboxylic acids is 1. The highest BCUT2D eigenvalue weighted by Gasteiger charge is 2.09. The van der Waals surface area contributed by atoms with Gasteiger partial charge in [-0.05, 0) is 54.8 Å². The van der Waals surface area contributed by atoms with E-state index in [1.807, 2.05) is 79.0 Å². The van der Waals surface area contributed by atoms with E-state index in [-0.39, 0.29) is 12.5 Å². The summed E-state index contributed by atoms with van der Waals surface area (Å²) in [6, 6.07) is 25.7. The molecule has 4 aromatic rings. The number of benzene rings is 3. The van der Waals surface area contributed by atoms with Crippen molar-refractivity contribution in [2.75, 3.05) is 11.9 Å². The molecule has 150 valence electrons. The highest BCUT2D eigenvalue weighted by Crippen LogP contribution is 2.25. The molecule has 0 saturated heterocycles.